The highest BCUT2D eigenvalue weighted by Gasteiger charge is 2.06. The lowest BCUT2D eigenvalue weighted by Crippen LogP contribution is -2.11. The highest BCUT2D eigenvalue weighted by atomic mass is 16.1. The molecule has 1 N–H and O–H groups in total. The fraction of sp³-hybridized carbons (Fsp3) is 0.231. The number of hydrogen-bond acceptors (Lipinski definition) is 2. The Morgan fingerprint density at radius 2 is 2.19 bits per heavy atom. The van der Waals surface area contributed by atoms with Crippen LogP contribution in [0.15, 0.2) is 35.4 Å². The summed E-state index contributed by atoms with van der Waals surface area (Å²) in [7, 11) is 0. The van der Waals surface area contributed by atoms with Gasteiger partial charge in [-0.05, 0) is 25.0 Å². The Labute approximate surface area is 94.2 Å². The number of rotatable bonds is 2. The Morgan fingerprint density at radius 1 is 1.38 bits per heavy atom. The third kappa shape index (κ3) is 1.89. The lowest BCUT2D eigenvalue weighted by Gasteiger charge is -2.05. The van der Waals surface area contributed by atoms with E-state index in [0.717, 1.165) is 17.7 Å². The summed E-state index contributed by atoms with van der Waals surface area (Å²) >= 11 is 0. The number of nitrogens with one attached hydrogen (secondary N) is 1. The molecule has 3 nitrogen and oxygen atoms in total. The molecule has 0 radical (unpaired) electrons. The molecule has 0 saturated carbocycles. The van der Waals surface area contributed by atoms with Crippen LogP contribution in [0.2, 0.25) is 0 Å². The maximum Gasteiger partial charge on any atom is 0.254 e. The zero-order valence-corrected chi connectivity index (χ0v) is 9.45. The SMILES string of the molecule is CCc1cccc(-c2nc[nH]c(=O)c2C)c1. The van der Waals surface area contributed by atoms with Gasteiger partial charge in [-0.1, -0.05) is 25.1 Å². The molecule has 0 amide bonds. The van der Waals surface area contributed by atoms with Gasteiger partial charge in [-0.2, -0.15) is 0 Å². The first-order chi connectivity index (χ1) is 7.72. The maximum atomic E-state index is 11.5. The van der Waals surface area contributed by atoms with Crippen LogP contribution in [0, 0.1) is 6.92 Å². The summed E-state index contributed by atoms with van der Waals surface area (Å²) in [6.45, 7) is 3.90. The number of nitrogens with zero attached hydrogens (tertiary/aromatic N) is 1. The molecule has 0 unspecified atom stereocenters. The fourth-order valence-electron chi connectivity index (χ4n) is 1.70. The van der Waals surface area contributed by atoms with Crippen LogP contribution >= 0.6 is 0 Å². The van der Waals surface area contributed by atoms with Gasteiger partial charge >= 0.3 is 0 Å². The van der Waals surface area contributed by atoms with Crippen molar-refractivity contribution >= 4 is 0 Å². The number of H-pyrrole nitrogens is 1. The van der Waals surface area contributed by atoms with Crippen molar-refractivity contribution in [2.45, 2.75) is 20.3 Å². The van der Waals surface area contributed by atoms with E-state index in [1.165, 1.54) is 11.9 Å². The largest absolute Gasteiger partial charge is 0.313 e. The molecule has 82 valence electrons. The van der Waals surface area contributed by atoms with Crippen LogP contribution < -0.4 is 5.56 Å². The van der Waals surface area contributed by atoms with E-state index in [2.05, 4.69) is 29.0 Å². The molecule has 0 saturated heterocycles. The molecule has 0 fully saturated rings. The summed E-state index contributed by atoms with van der Waals surface area (Å²) in [5.74, 6) is 0. The lowest BCUT2D eigenvalue weighted by atomic mass is 10.0. The number of aryl methyl sites for hydroxylation is 1. The molecule has 0 bridgehead atoms. The van der Waals surface area contributed by atoms with Crippen molar-refractivity contribution < 1.29 is 0 Å². The highest BCUT2D eigenvalue weighted by molar-refractivity contribution is 5.62. The predicted octanol–water partition coefficient (Wildman–Crippen LogP) is 2.31. The molecule has 16 heavy (non-hydrogen) atoms. The molecule has 1 aromatic carbocycles. The van der Waals surface area contributed by atoms with Crippen LogP contribution in [0.5, 0.6) is 0 Å². The summed E-state index contributed by atoms with van der Waals surface area (Å²) in [4.78, 5) is 18.3. The van der Waals surface area contributed by atoms with Crippen LogP contribution in [0.25, 0.3) is 11.3 Å². The van der Waals surface area contributed by atoms with E-state index in [9.17, 15) is 4.79 Å². The van der Waals surface area contributed by atoms with E-state index in [1.54, 1.807) is 6.92 Å². The van der Waals surface area contributed by atoms with E-state index in [4.69, 9.17) is 0 Å². The lowest BCUT2D eigenvalue weighted by molar-refractivity contribution is 1.08. The van der Waals surface area contributed by atoms with E-state index >= 15 is 0 Å². The minimum Gasteiger partial charge on any atom is -0.313 e. The number of hydrogen-bond donors (Lipinski definition) is 1. The zero-order valence-electron chi connectivity index (χ0n) is 9.45. The fourth-order valence-corrected chi connectivity index (χ4v) is 1.70. The Morgan fingerprint density at radius 3 is 2.94 bits per heavy atom. The second kappa shape index (κ2) is 4.31. The van der Waals surface area contributed by atoms with Gasteiger partial charge < -0.3 is 4.98 Å². The first-order valence-corrected chi connectivity index (χ1v) is 5.36. The average molecular weight is 214 g/mol. The Balaban J connectivity index is 2.58. The van der Waals surface area contributed by atoms with Gasteiger partial charge in [0.1, 0.15) is 0 Å². The van der Waals surface area contributed by atoms with Gasteiger partial charge in [-0.25, -0.2) is 4.98 Å². The van der Waals surface area contributed by atoms with E-state index in [-0.39, 0.29) is 5.56 Å². The van der Waals surface area contributed by atoms with Gasteiger partial charge in [0, 0.05) is 11.1 Å². The summed E-state index contributed by atoms with van der Waals surface area (Å²) < 4.78 is 0. The molecule has 0 aliphatic carbocycles. The minimum atomic E-state index is -0.0769. The smallest absolute Gasteiger partial charge is 0.254 e. The van der Waals surface area contributed by atoms with Gasteiger partial charge in [0.15, 0.2) is 0 Å². The van der Waals surface area contributed by atoms with Crippen LogP contribution in [0.4, 0.5) is 0 Å². The van der Waals surface area contributed by atoms with Crippen LogP contribution in [0.1, 0.15) is 18.1 Å². The van der Waals surface area contributed by atoms with Gasteiger partial charge in [-0.15, -0.1) is 0 Å². The van der Waals surface area contributed by atoms with E-state index < -0.39 is 0 Å². The highest BCUT2D eigenvalue weighted by Crippen LogP contribution is 2.19. The molecule has 3 heteroatoms. The third-order valence-electron chi connectivity index (χ3n) is 2.69. The van der Waals surface area contributed by atoms with E-state index in [0.29, 0.717) is 5.56 Å². The molecular weight excluding hydrogens is 200 g/mol. The second-order valence-electron chi connectivity index (χ2n) is 3.76. The third-order valence-corrected chi connectivity index (χ3v) is 2.69. The normalized spacial score (nSPS) is 10.4. The topological polar surface area (TPSA) is 45.8 Å². The van der Waals surface area contributed by atoms with Gasteiger partial charge in [0.05, 0.1) is 12.0 Å². The Bertz CT molecular complexity index is 558. The van der Waals surface area contributed by atoms with Crippen molar-refractivity contribution in [2.24, 2.45) is 0 Å². The standard InChI is InChI=1S/C13H14N2O/c1-3-10-5-4-6-11(7-10)12-9(2)13(16)15-8-14-12/h4-8H,3H2,1-2H3,(H,14,15,16). The van der Waals surface area contributed by atoms with Crippen LogP contribution in [-0.4, -0.2) is 9.97 Å². The number of benzene rings is 1. The van der Waals surface area contributed by atoms with Crippen molar-refractivity contribution in [3.63, 3.8) is 0 Å². The molecule has 0 spiro atoms. The van der Waals surface area contributed by atoms with Gasteiger partial charge in [0.2, 0.25) is 0 Å². The zero-order chi connectivity index (χ0) is 11.5. The maximum absolute atomic E-state index is 11.5. The van der Waals surface area contributed by atoms with Crippen molar-refractivity contribution in [3.8, 4) is 11.3 Å². The summed E-state index contributed by atoms with van der Waals surface area (Å²) in [5.41, 5.74) is 3.60. The van der Waals surface area contributed by atoms with Gasteiger partial charge in [0.25, 0.3) is 5.56 Å². The summed E-state index contributed by atoms with van der Waals surface area (Å²) in [5, 5.41) is 0. The Kier molecular flexibility index (Phi) is 2.86. The quantitative estimate of drug-likeness (QED) is 0.833. The second-order valence-corrected chi connectivity index (χ2v) is 3.76. The molecule has 2 aromatic rings. The predicted molar refractivity (Wildman–Crippen MR) is 64.4 cm³/mol. The average Bonchev–Trinajstić information content (AvgIpc) is 2.33. The van der Waals surface area contributed by atoms with Crippen molar-refractivity contribution in [1.29, 1.82) is 0 Å². The Hall–Kier alpha value is -1.90. The molecule has 2 rings (SSSR count). The molecule has 0 atom stereocenters. The van der Waals surface area contributed by atoms with Crippen molar-refractivity contribution in [3.05, 3.63) is 52.1 Å². The first-order valence-electron chi connectivity index (χ1n) is 5.36. The van der Waals surface area contributed by atoms with Crippen molar-refractivity contribution in [2.75, 3.05) is 0 Å². The number of aromatic nitrogens is 2. The molecule has 1 aromatic heterocycles. The first kappa shape index (κ1) is 10.6. The minimum absolute atomic E-state index is 0.0769. The van der Waals surface area contributed by atoms with Gasteiger partial charge in [-0.3, -0.25) is 4.79 Å². The molecular formula is C13H14N2O. The number of aromatic amines is 1. The molecule has 0 aliphatic rings. The van der Waals surface area contributed by atoms with Crippen LogP contribution in [-0.2, 0) is 6.42 Å². The summed E-state index contributed by atoms with van der Waals surface area (Å²) in [6.07, 6.45) is 2.43. The van der Waals surface area contributed by atoms with Crippen LogP contribution in [0.3, 0.4) is 0 Å². The summed E-state index contributed by atoms with van der Waals surface area (Å²) in [6, 6.07) is 8.13. The van der Waals surface area contributed by atoms with Crippen molar-refractivity contribution in [1.82, 2.24) is 9.97 Å². The molecule has 0 aliphatic heterocycles. The monoisotopic (exact) mass is 214 g/mol. The van der Waals surface area contributed by atoms with E-state index in [1.807, 2.05) is 12.1 Å². The molecule has 1 heterocycles.